The van der Waals surface area contributed by atoms with Crippen molar-refractivity contribution < 1.29 is 9.53 Å². The van der Waals surface area contributed by atoms with E-state index in [1.54, 1.807) is 0 Å². The van der Waals surface area contributed by atoms with Gasteiger partial charge in [0.1, 0.15) is 0 Å². The fourth-order valence-electron chi connectivity index (χ4n) is 4.45. The highest BCUT2D eigenvalue weighted by Crippen LogP contribution is 2.26. The molecule has 1 aromatic rings. The van der Waals surface area contributed by atoms with Crippen LogP contribution in [0.3, 0.4) is 0 Å². The second kappa shape index (κ2) is 14.0. The van der Waals surface area contributed by atoms with Crippen LogP contribution in [0.2, 0.25) is 0 Å². The van der Waals surface area contributed by atoms with Crippen molar-refractivity contribution in [2.45, 2.75) is 84.6 Å². The summed E-state index contributed by atoms with van der Waals surface area (Å²) in [5.41, 5.74) is 2.34. The topological polar surface area (TPSA) is 66.0 Å². The number of carbonyl (C=O) groups excluding carboxylic acids is 1. The van der Waals surface area contributed by atoms with Crippen LogP contribution in [0, 0.1) is 5.92 Å². The molecule has 1 unspecified atom stereocenters. The summed E-state index contributed by atoms with van der Waals surface area (Å²) in [4.78, 5) is 19.7. The summed E-state index contributed by atoms with van der Waals surface area (Å²) in [5.74, 6) is 1.44. The first-order valence-electron chi connectivity index (χ1n) is 12.1. The lowest BCUT2D eigenvalue weighted by atomic mass is 9.88. The van der Waals surface area contributed by atoms with E-state index in [4.69, 9.17) is 9.73 Å². The monoisotopic (exact) mass is 556 g/mol. The molecule has 2 aliphatic rings. The van der Waals surface area contributed by atoms with Crippen molar-refractivity contribution in [3.05, 3.63) is 35.4 Å². The Bertz CT molecular complexity index is 734. The van der Waals surface area contributed by atoms with Crippen molar-refractivity contribution in [1.29, 1.82) is 0 Å². The Morgan fingerprint density at radius 2 is 1.94 bits per heavy atom. The smallest absolute Gasteiger partial charge is 0.225 e. The van der Waals surface area contributed by atoms with Gasteiger partial charge in [-0.15, -0.1) is 24.0 Å². The van der Waals surface area contributed by atoms with E-state index >= 15 is 0 Å². The number of guanidine groups is 1. The SMILES string of the molecule is CCNC(=NCc1cccc(COC(C)C)c1)NC1CCN(C(=O)C2CCCCC2)C1.I. The van der Waals surface area contributed by atoms with Crippen LogP contribution >= 0.6 is 24.0 Å². The van der Waals surface area contributed by atoms with E-state index in [0.717, 1.165) is 44.9 Å². The van der Waals surface area contributed by atoms with E-state index in [2.05, 4.69) is 60.6 Å². The van der Waals surface area contributed by atoms with Gasteiger partial charge in [-0.3, -0.25) is 4.79 Å². The molecule has 0 spiro atoms. The molecule has 1 aromatic carbocycles. The molecule has 3 rings (SSSR count). The van der Waals surface area contributed by atoms with Crippen LogP contribution in [0.5, 0.6) is 0 Å². The number of rotatable bonds is 8. The Kier molecular flexibility index (Phi) is 11.8. The highest BCUT2D eigenvalue weighted by molar-refractivity contribution is 14.0. The van der Waals surface area contributed by atoms with Crippen LogP contribution in [0.15, 0.2) is 29.3 Å². The third-order valence-electron chi connectivity index (χ3n) is 6.13. The quantitative estimate of drug-likeness (QED) is 0.282. The van der Waals surface area contributed by atoms with Crippen LogP contribution < -0.4 is 10.6 Å². The lowest BCUT2D eigenvalue weighted by Gasteiger charge is -2.26. The van der Waals surface area contributed by atoms with E-state index in [9.17, 15) is 4.79 Å². The number of amides is 1. The summed E-state index contributed by atoms with van der Waals surface area (Å²) in [6.45, 7) is 9.86. The summed E-state index contributed by atoms with van der Waals surface area (Å²) < 4.78 is 5.72. The highest BCUT2D eigenvalue weighted by Gasteiger charge is 2.31. The molecule has 7 heteroatoms. The summed E-state index contributed by atoms with van der Waals surface area (Å²) in [5, 5.41) is 6.90. The van der Waals surface area contributed by atoms with Crippen LogP contribution in [0.4, 0.5) is 0 Å². The summed E-state index contributed by atoms with van der Waals surface area (Å²) >= 11 is 0. The average Bonchev–Trinajstić information content (AvgIpc) is 3.25. The molecule has 2 N–H and O–H groups in total. The number of hydrogen-bond acceptors (Lipinski definition) is 3. The van der Waals surface area contributed by atoms with Crippen LogP contribution in [0.1, 0.15) is 70.4 Å². The summed E-state index contributed by atoms with van der Waals surface area (Å²) in [7, 11) is 0. The number of hydrogen-bond donors (Lipinski definition) is 2. The summed E-state index contributed by atoms with van der Waals surface area (Å²) in [6, 6.07) is 8.68. The number of halogens is 1. The van der Waals surface area contributed by atoms with Crippen LogP contribution in [-0.2, 0) is 22.7 Å². The zero-order valence-corrected chi connectivity index (χ0v) is 22.3. The molecule has 0 bridgehead atoms. The minimum atomic E-state index is 0. The average molecular weight is 557 g/mol. The molecule has 6 nitrogen and oxygen atoms in total. The number of benzene rings is 1. The number of aliphatic imine (C=N–C) groups is 1. The van der Waals surface area contributed by atoms with Gasteiger partial charge in [0.05, 0.1) is 19.3 Å². The molecule has 1 aliphatic carbocycles. The van der Waals surface area contributed by atoms with Crippen molar-refractivity contribution >= 4 is 35.8 Å². The Morgan fingerprint density at radius 1 is 1.19 bits per heavy atom. The van der Waals surface area contributed by atoms with Gasteiger partial charge in [-0.05, 0) is 51.2 Å². The molecule has 32 heavy (non-hydrogen) atoms. The van der Waals surface area contributed by atoms with E-state index < -0.39 is 0 Å². The number of nitrogens with one attached hydrogen (secondary N) is 2. The molecule has 1 aliphatic heterocycles. The predicted octanol–water partition coefficient (Wildman–Crippen LogP) is 4.47. The number of ether oxygens (including phenoxy) is 1. The zero-order valence-electron chi connectivity index (χ0n) is 19.9. The third-order valence-corrected chi connectivity index (χ3v) is 6.13. The van der Waals surface area contributed by atoms with Gasteiger partial charge in [0.25, 0.3) is 0 Å². The first kappa shape index (κ1) is 26.9. The predicted molar refractivity (Wildman–Crippen MR) is 141 cm³/mol. The van der Waals surface area contributed by atoms with Gasteiger partial charge in [-0.2, -0.15) is 0 Å². The maximum atomic E-state index is 12.8. The lowest BCUT2D eigenvalue weighted by Crippen LogP contribution is -2.45. The second-order valence-electron chi connectivity index (χ2n) is 9.12. The fraction of sp³-hybridized carbons (Fsp3) is 0.680. The van der Waals surface area contributed by atoms with Crippen molar-refractivity contribution in [1.82, 2.24) is 15.5 Å². The molecule has 1 atom stereocenters. The van der Waals surface area contributed by atoms with E-state index in [-0.39, 0.29) is 42.0 Å². The third kappa shape index (κ3) is 8.54. The maximum absolute atomic E-state index is 12.8. The standard InChI is InChI=1S/C25H40N4O2.HI/c1-4-26-25(27-16-20-9-8-10-21(15-20)18-31-19(2)3)28-23-13-14-29(17-23)24(30)22-11-6-5-7-12-22;/h8-10,15,19,22-23H,4-7,11-14,16-18H2,1-3H3,(H2,26,27,28);1H. The van der Waals surface area contributed by atoms with Gasteiger partial charge in [-0.25, -0.2) is 4.99 Å². The van der Waals surface area contributed by atoms with Gasteiger partial charge in [-0.1, -0.05) is 43.5 Å². The van der Waals surface area contributed by atoms with Crippen molar-refractivity contribution in [3.8, 4) is 0 Å². The molecular formula is C25H41IN4O2. The molecule has 2 fully saturated rings. The normalized spacial score (nSPS) is 19.7. The Hall–Kier alpha value is -1.35. The Balaban J connectivity index is 0.00000363. The van der Waals surface area contributed by atoms with Crippen molar-refractivity contribution in [2.24, 2.45) is 10.9 Å². The van der Waals surface area contributed by atoms with Gasteiger partial charge in [0.2, 0.25) is 5.91 Å². The molecule has 1 saturated heterocycles. The maximum Gasteiger partial charge on any atom is 0.225 e. The second-order valence-corrected chi connectivity index (χ2v) is 9.12. The minimum absolute atomic E-state index is 0. The Morgan fingerprint density at radius 3 is 2.66 bits per heavy atom. The molecular weight excluding hydrogens is 515 g/mol. The Labute approximate surface area is 211 Å². The molecule has 0 aromatic heterocycles. The van der Waals surface area contributed by atoms with Crippen molar-refractivity contribution in [3.63, 3.8) is 0 Å². The molecule has 1 heterocycles. The van der Waals surface area contributed by atoms with Crippen LogP contribution in [-0.4, -0.2) is 48.5 Å². The molecule has 1 saturated carbocycles. The van der Waals surface area contributed by atoms with Gasteiger partial charge < -0.3 is 20.3 Å². The number of carbonyl (C=O) groups is 1. The van der Waals surface area contributed by atoms with Crippen LogP contribution in [0.25, 0.3) is 0 Å². The lowest BCUT2D eigenvalue weighted by molar-refractivity contribution is -0.135. The summed E-state index contributed by atoms with van der Waals surface area (Å²) in [6.07, 6.45) is 7.02. The molecule has 180 valence electrons. The zero-order chi connectivity index (χ0) is 22.1. The van der Waals surface area contributed by atoms with Gasteiger partial charge in [0.15, 0.2) is 5.96 Å². The van der Waals surface area contributed by atoms with E-state index in [1.165, 1.54) is 30.4 Å². The fourth-order valence-corrected chi connectivity index (χ4v) is 4.45. The highest BCUT2D eigenvalue weighted by atomic mass is 127. The molecule has 1 amide bonds. The van der Waals surface area contributed by atoms with Gasteiger partial charge in [0, 0.05) is 31.6 Å². The van der Waals surface area contributed by atoms with E-state index in [0.29, 0.717) is 19.1 Å². The largest absolute Gasteiger partial charge is 0.374 e. The first-order chi connectivity index (χ1) is 15.0. The number of nitrogens with zero attached hydrogens (tertiary/aromatic N) is 2. The number of likely N-dealkylation sites (tertiary alicyclic amines) is 1. The minimum Gasteiger partial charge on any atom is -0.374 e. The van der Waals surface area contributed by atoms with Gasteiger partial charge >= 0.3 is 0 Å². The van der Waals surface area contributed by atoms with E-state index in [1.807, 2.05) is 0 Å². The molecule has 0 radical (unpaired) electrons. The first-order valence-corrected chi connectivity index (χ1v) is 12.1. The van der Waals surface area contributed by atoms with Crippen molar-refractivity contribution in [2.75, 3.05) is 19.6 Å².